The van der Waals surface area contributed by atoms with Crippen molar-refractivity contribution in [2.45, 2.75) is 58.2 Å². The second-order valence-corrected chi connectivity index (χ2v) is 6.77. The molecule has 3 aliphatic heterocycles. The Labute approximate surface area is 188 Å². The first-order valence-electron chi connectivity index (χ1n) is 7.42. The van der Waals surface area contributed by atoms with Crippen molar-refractivity contribution in [3.63, 3.8) is 0 Å². The zero-order valence-electron chi connectivity index (χ0n) is 15.6. The monoisotopic (exact) mass is 453 g/mol. The van der Waals surface area contributed by atoms with Gasteiger partial charge in [0, 0.05) is 21.7 Å². The van der Waals surface area contributed by atoms with Gasteiger partial charge in [0.05, 0.1) is 17.1 Å². The van der Waals surface area contributed by atoms with E-state index < -0.39 is 16.6 Å². The van der Waals surface area contributed by atoms with Crippen molar-refractivity contribution in [2.24, 2.45) is 30.7 Å². The third-order valence-electron chi connectivity index (χ3n) is 4.23. The van der Waals surface area contributed by atoms with Crippen LogP contribution in [0.4, 0.5) is 0 Å². The predicted molar refractivity (Wildman–Crippen MR) is 106 cm³/mol. The zero-order chi connectivity index (χ0) is 16.2. The van der Waals surface area contributed by atoms with E-state index in [4.69, 9.17) is 0 Å². The maximum Gasteiger partial charge on any atom is 0.0552 e. The van der Waals surface area contributed by atoms with Crippen molar-refractivity contribution in [3.8, 4) is 0 Å². The van der Waals surface area contributed by atoms with Crippen molar-refractivity contribution in [2.75, 3.05) is 0 Å². The van der Waals surface area contributed by atoms with Crippen molar-refractivity contribution in [1.82, 2.24) is 0 Å². The molecule has 0 saturated carbocycles. The molecule has 3 atom stereocenters. The summed E-state index contributed by atoms with van der Waals surface area (Å²) in [6.45, 7) is 12.0. The number of rotatable bonds is 3. The Bertz CT molecular complexity index is 622. The van der Waals surface area contributed by atoms with Gasteiger partial charge in [0.15, 0.2) is 0 Å². The van der Waals surface area contributed by atoms with Crippen molar-refractivity contribution in [1.29, 1.82) is 0 Å². The van der Waals surface area contributed by atoms with Crippen LogP contribution in [-0.2, 0) is 21.7 Å². The van der Waals surface area contributed by atoms with Gasteiger partial charge < -0.3 is 0 Å². The van der Waals surface area contributed by atoms with Gasteiger partial charge in [-0.25, -0.2) is 21.3 Å². The van der Waals surface area contributed by atoms with Gasteiger partial charge in [0.1, 0.15) is 0 Å². The van der Waals surface area contributed by atoms with Gasteiger partial charge >= 0.3 is 0 Å². The summed E-state index contributed by atoms with van der Waals surface area (Å²) in [4.78, 5) is 0. The van der Waals surface area contributed by atoms with Crippen LogP contribution in [0, 0.1) is 5.92 Å². The average Bonchev–Trinajstić information content (AvgIpc) is 3.01. The molecule has 3 heterocycles. The molecule has 6 nitrogen and oxygen atoms in total. The summed E-state index contributed by atoms with van der Waals surface area (Å²) in [5, 5.41) is 26.2. The van der Waals surface area contributed by atoms with E-state index in [-0.39, 0.29) is 58.9 Å². The van der Waals surface area contributed by atoms with E-state index in [2.05, 4.69) is 48.9 Å². The number of allylic oxidation sites excluding steroid dienone is 3. The number of hydrogen-bond donors (Lipinski definition) is 0. The standard InChI is InChI=1S/C16H21N6.3ClH.Ti/c1-10-7-14(4,20-17-10)13(15(5)8-11(2)18-21-15)16(6)9-12(3)19-22-16;;;;/h7-9H,1-6H3;3*1H;/q-1;;;;. The van der Waals surface area contributed by atoms with Crippen LogP contribution in [-0.4, -0.2) is 16.6 Å². The zero-order valence-corrected chi connectivity index (χ0v) is 19.7. The molecule has 0 aromatic heterocycles. The smallest absolute Gasteiger partial charge is 0.0552 e. The molecule has 3 unspecified atom stereocenters. The normalized spacial score (nSPS) is 33.6. The Hall–Kier alpha value is -0.396. The summed E-state index contributed by atoms with van der Waals surface area (Å²) < 4.78 is 0. The van der Waals surface area contributed by atoms with Crippen molar-refractivity contribution in [3.05, 3.63) is 41.2 Å². The first-order chi connectivity index (χ1) is 10.2. The maximum atomic E-state index is 4.51. The molecular weight excluding hydrogens is 430 g/mol. The van der Waals surface area contributed by atoms with E-state index >= 15 is 0 Å². The van der Waals surface area contributed by atoms with Crippen LogP contribution in [0.1, 0.15) is 41.5 Å². The third kappa shape index (κ3) is 4.71. The van der Waals surface area contributed by atoms with Gasteiger partial charge in [0.25, 0.3) is 0 Å². The van der Waals surface area contributed by atoms with Crippen LogP contribution in [0.2, 0.25) is 0 Å². The van der Waals surface area contributed by atoms with E-state index in [1.165, 1.54) is 0 Å². The molecular formula is C16H24Cl3N6Ti-. The fraction of sp³-hybridized carbons (Fsp3) is 0.562. The Morgan fingerprint density at radius 2 is 0.846 bits per heavy atom. The summed E-state index contributed by atoms with van der Waals surface area (Å²) in [5.74, 6) is 1.02. The molecule has 144 valence electrons. The predicted octanol–water partition coefficient (Wildman–Crippen LogP) is 6.21. The van der Waals surface area contributed by atoms with E-state index in [0.29, 0.717) is 0 Å². The van der Waals surface area contributed by atoms with Gasteiger partial charge in [-0.2, -0.15) is 15.3 Å². The van der Waals surface area contributed by atoms with E-state index in [9.17, 15) is 0 Å². The van der Waals surface area contributed by atoms with Gasteiger partial charge in [-0.05, 0) is 37.4 Å². The molecule has 3 aliphatic rings. The summed E-state index contributed by atoms with van der Waals surface area (Å²) in [6, 6.07) is 0. The van der Waals surface area contributed by atoms with E-state index in [1.807, 2.05) is 41.5 Å². The van der Waals surface area contributed by atoms with Gasteiger partial charge in [-0.3, -0.25) is 0 Å². The molecule has 0 bridgehead atoms. The Morgan fingerprint density at radius 1 is 0.615 bits per heavy atom. The maximum absolute atomic E-state index is 4.51. The molecule has 0 amide bonds. The Kier molecular flexibility index (Phi) is 9.84. The average molecular weight is 455 g/mol. The minimum absolute atomic E-state index is 0. The molecule has 3 rings (SSSR count). The van der Waals surface area contributed by atoms with Gasteiger partial charge in [0.2, 0.25) is 0 Å². The third-order valence-corrected chi connectivity index (χ3v) is 4.23. The molecule has 0 spiro atoms. The number of azo groups is 3. The first-order valence-corrected chi connectivity index (χ1v) is 7.42. The van der Waals surface area contributed by atoms with E-state index in [0.717, 1.165) is 23.0 Å². The van der Waals surface area contributed by atoms with Crippen LogP contribution < -0.4 is 0 Å². The number of halogens is 3. The SMILES string of the molecule is CC1=CC(C)([C-](C2(C)C=C(C)N=N2)C2(C)C=C(C)N=N2)N=N1.Cl.Cl.Cl.[Ti]. The van der Waals surface area contributed by atoms with Crippen molar-refractivity contribution >= 4 is 37.2 Å². The fourth-order valence-corrected chi connectivity index (χ4v) is 3.85. The molecule has 0 fully saturated rings. The second-order valence-electron chi connectivity index (χ2n) is 6.77. The number of hydrogen-bond acceptors (Lipinski definition) is 6. The molecule has 0 aliphatic carbocycles. The first kappa shape index (κ1) is 27.8. The molecule has 10 heteroatoms. The Balaban J connectivity index is 0. The minimum Gasteiger partial charge on any atom is -0.216 e. The molecule has 0 aromatic carbocycles. The molecule has 0 radical (unpaired) electrons. The molecule has 0 aromatic rings. The Morgan fingerprint density at radius 3 is 1.00 bits per heavy atom. The number of nitrogens with zero attached hydrogens (tertiary/aromatic N) is 6. The van der Waals surface area contributed by atoms with Crippen LogP contribution in [0.5, 0.6) is 0 Å². The van der Waals surface area contributed by atoms with Crippen molar-refractivity contribution < 1.29 is 21.7 Å². The summed E-state index contributed by atoms with van der Waals surface area (Å²) >= 11 is 0. The molecule has 0 N–H and O–H groups in total. The summed E-state index contributed by atoms with van der Waals surface area (Å²) in [5.41, 5.74) is 0.977. The molecule has 26 heavy (non-hydrogen) atoms. The quantitative estimate of drug-likeness (QED) is 0.359. The minimum atomic E-state index is -0.576. The summed E-state index contributed by atoms with van der Waals surface area (Å²) in [7, 11) is 0. The van der Waals surface area contributed by atoms with Crippen LogP contribution >= 0.6 is 37.2 Å². The fourth-order valence-electron chi connectivity index (χ4n) is 3.85. The van der Waals surface area contributed by atoms with Crippen LogP contribution in [0.3, 0.4) is 0 Å². The van der Waals surface area contributed by atoms with Crippen LogP contribution in [0.15, 0.2) is 66.0 Å². The summed E-state index contributed by atoms with van der Waals surface area (Å²) in [6.07, 6.45) is 6.19. The van der Waals surface area contributed by atoms with Gasteiger partial charge in [-0.1, -0.05) is 39.0 Å². The van der Waals surface area contributed by atoms with Gasteiger partial charge in [-0.15, -0.1) is 37.2 Å². The second kappa shape index (κ2) is 9.20. The topological polar surface area (TPSA) is 74.2 Å². The largest absolute Gasteiger partial charge is 0.216 e. The van der Waals surface area contributed by atoms with Crippen LogP contribution in [0.25, 0.3) is 0 Å². The molecule has 0 saturated heterocycles. The van der Waals surface area contributed by atoms with E-state index in [1.54, 1.807) is 0 Å².